The van der Waals surface area contributed by atoms with E-state index >= 15 is 0 Å². The minimum Gasteiger partial charge on any atom is -0.465 e. The molecule has 0 radical (unpaired) electrons. The summed E-state index contributed by atoms with van der Waals surface area (Å²) >= 11 is 0. The van der Waals surface area contributed by atoms with Crippen LogP contribution in [0.5, 0.6) is 0 Å². The van der Waals surface area contributed by atoms with Crippen molar-refractivity contribution in [3.63, 3.8) is 0 Å². The van der Waals surface area contributed by atoms with Crippen LogP contribution < -0.4 is 5.32 Å². The Hall–Kier alpha value is -1.35. The SMILES string of the molecule is CCOC(=O)[C@@]1(c2ccccc2)CCCNC1. The van der Waals surface area contributed by atoms with Gasteiger partial charge in [0.15, 0.2) is 0 Å². The van der Waals surface area contributed by atoms with Crippen molar-refractivity contribution in [3.05, 3.63) is 35.9 Å². The van der Waals surface area contributed by atoms with Crippen LogP contribution in [0.2, 0.25) is 0 Å². The maximum Gasteiger partial charge on any atom is 0.317 e. The fourth-order valence-corrected chi connectivity index (χ4v) is 2.47. The van der Waals surface area contributed by atoms with Gasteiger partial charge in [0.05, 0.1) is 6.61 Å². The summed E-state index contributed by atoms with van der Waals surface area (Å²) < 4.78 is 5.26. The van der Waals surface area contributed by atoms with Gasteiger partial charge in [0.25, 0.3) is 0 Å². The average molecular weight is 233 g/mol. The summed E-state index contributed by atoms with van der Waals surface area (Å²) in [5, 5.41) is 3.31. The molecule has 2 rings (SSSR count). The van der Waals surface area contributed by atoms with Crippen LogP contribution in [0.3, 0.4) is 0 Å². The Labute approximate surface area is 102 Å². The zero-order chi connectivity index (χ0) is 12.1. The van der Waals surface area contributed by atoms with E-state index in [0.717, 1.165) is 24.9 Å². The highest BCUT2D eigenvalue weighted by atomic mass is 16.5. The number of benzene rings is 1. The number of nitrogens with one attached hydrogen (secondary N) is 1. The minimum absolute atomic E-state index is 0.0987. The van der Waals surface area contributed by atoms with Gasteiger partial charge in [-0.25, -0.2) is 0 Å². The van der Waals surface area contributed by atoms with Crippen LogP contribution in [0.1, 0.15) is 25.3 Å². The predicted octanol–water partition coefficient (Wildman–Crippen LogP) is 1.87. The highest BCUT2D eigenvalue weighted by Gasteiger charge is 2.42. The van der Waals surface area contributed by atoms with E-state index in [9.17, 15) is 4.79 Å². The van der Waals surface area contributed by atoms with Gasteiger partial charge in [-0.2, -0.15) is 0 Å². The molecule has 3 heteroatoms. The number of carbonyl (C=O) groups excluding carboxylic acids is 1. The highest BCUT2D eigenvalue weighted by molar-refractivity contribution is 5.83. The third kappa shape index (κ3) is 2.34. The smallest absolute Gasteiger partial charge is 0.317 e. The van der Waals surface area contributed by atoms with Gasteiger partial charge in [-0.15, -0.1) is 0 Å². The Kier molecular flexibility index (Phi) is 3.79. The number of ether oxygens (including phenoxy) is 1. The van der Waals surface area contributed by atoms with Gasteiger partial charge >= 0.3 is 5.97 Å². The summed E-state index contributed by atoms with van der Waals surface area (Å²) in [6.07, 6.45) is 1.87. The lowest BCUT2D eigenvalue weighted by atomic mass is 9.75. The van der Waals surface area contributed by atoms with Crippen molar-refractivity contribution < 1.29 is 9.53 Å². The second-order valence-electron chi connectivity index (χ2n) is 4.45. The monoisotopic (exact) mass is 233 g/mol. The van der Waals surface area contributed by atoms with Crippen molar-refractivity contribution in [2.24, 2.45) is 0 Å². The molecule has 0 aromatic heterocycles. The Morgan fingerprint density at radius 1 is 1.41 bits per heavy atom. The van der Waals surface area contributed by atoms with Gasteiger partial charge in [-0.1, -0.05) is 30.3 Å². The van der Waals surface area contributed by atoms with Crippen LogP contribution in [0.15, 0.2) is 30.3 Å². The Bertz CT molecular complexity index is 369. The Morgan fingerprint density at radius 3 is 2.76 bits per heavy atom. The molecule has 0 saturated carbocycles. The zero-order valence-electron chi connectivity index (χ0n) is 10.2. The lowest BCUT2D eigenvalue weighted by Gasteiger charge is -2.35. The second kappa shape index (κ2) is 5.32. The van der Waals surface area contributed by atoms with Crippen molar-refractivity contribution in [2.75, 3.05) is 19.7 Å². The van der Waals surface area contributed by atoms with E-state index in [0.29, 0.717) is 13.2 Å². The van der Waals surface area contributed by atoms with Crippen LogP contribution in [-0.2, 0) is 14.9 Å². The van der Waals surface area contributed by atoms with Crippen molar-refractivity contribution >= 4 is 5.97 Å². The fourth-order valence-electron chi connectivity index (χ4n) is 2.47. The normalized spacial score (nSPS) is 24.3. The van der Waals surface area contributed by atoms with Crippen LogP contribution in [0.4, 0.5) is 0 Å². The topological polar surface area (TPSA) is 38.3 Å². The molecule has 1 atom stereocenters. The van der Waals surface area contributed by atoms with Gasteiger partial charge in [-0.3, -0.25) is 4.79 Å². The summed E-state index contributed by atoms with van der Waals surface area (Å²) in [7, 11) is 0. The molecule has 92 valence electrons. The van der Waals surface area contributed by atoms with E-state index in [1.165, 1.54) is 0 Å². The number of hydrogen-bond acceptors (Lipinski definition) is 3. The van der Waals surface area contributed by atoms with Gasteiger partial charge in [0.1, 0.15) is 5.41 Å². The molecule has 0 unspecified atom stereocenters. The molecule has 1 aromatic rings. The first-order chi connectivity index (χ1) is 8.29. The predicted molar refractivity (Wildman–Crippen MR) is 66.9 cm³/mol. The maximum absolute atomic E-state index is 12.3. The average Bonchev–Trinajstić information content (AvgIpc) is 2.41. The molecule has 0 aliphatic carbocycles. The lowest BCUT2D eigenvalue weighted by Crippen LogP contribution is -2.49. The quantitative estimate of drug-likeness (QED) is 0.810. The van der Waals surface area contributed by atoms with Gasteiger partial charge < -0.3 is 10.1 Å². The van der Waals surface area contributed by atoms with Gasteiger partial charge in [0, 0.05) is 6.54 Å². The maximum atomic E-state index is 12.3. The minimum atomic E-state index is -0.491. The number of hydrogen-bond donors (Lipinski definition) is 1. The van der Waals surface area contributed by atoms with Crippen molar-refractivity contribution in [2.45, 2.75) is 25.2 Å². The summed E-state index contributed by atoms with van der Waals surface area (Å²) in [6.45, 7) is 3.95. The van der Waals surface area contributed by atoms with Crippen molar-refractivity contribution in [3.8, 4) is 0 Å². The molecule has 1 heterocycles. The molecular weight excluding hydrogens is 214 g/mol. The molecule has 0 spiro atoms. The molecule has 1 fully saturated rings. The molecule has 3 nitrogen and oxygen atoms in total. The fraction of sp³-hybridized carbons (Fsp3) is 0.500. The molecule has 1 aliphatic heterocycles. The van der Waals surface area contributed by atoms with Crippen LogP contribution >= 0.6 is 0 Å². The largest absolute Gasteiger partial charge is 0.465 e. The van der Waals surface area contributed by atoms with E-state index in [1.54, 1.807) is 0 Å². The van der Waals surface area contributed by atoms with Gasteiger partial charge in [0.2, 0.25) is 0 Å². The molecule has 0 bridgehead atoms. The summed E-state index contributed by atoms with van der Waals surface area (Å²) in [4.78, 5) is 12.3. The first-order valence-electron chi connectivity index (χ1n) is 6.23. The lowest BCUT2D eigenvalue weighted by molar-refractivity contribution is -0.151. The summed E-state index contributed by atoms with van der Waals surface area (Å²) in [5.41, 5.74) is 0.570. The van der Waals surface area contributed by atoms with Crippen LogP contribution in [0, 0.1) is 0 Å². The third-order valence-corrected chi connectivity index (χ3v) is 3.38. The van der Waals surface area contributed by atoms with E-state index < -0.39 is 5.41 Å². The third-order valence-electron chi connectivity index (χ3n) is 3.38. The zero-order valence-corrected chi connectivity index (χ0v) is 10.2. The number of esters is 1. The number of piperidine rings is 1. The molecule has 1 saturated heterocycles. The molecule has 1 aromatic carbocycles. The van der Waals surface area contributed by atoms with E-state index in [1.807, 2.05) is 37.3 Å². The first kappa shape index (κ1) is 12.1. The first-order valence-corrected chi connectivity index (χ1v) is 6.23. The van der Waals surface area contributed by atoms with Gasteiger partial charge in [-0.05, 0) is 31.9 Å². The molecule has 1 N–H and O–H groups in total. The molecule has 17 heavy (non-hydrogen) atoms. The highest BCUT2D eigenvalue weighted by Crippen LogP contribution is 2.32. The van der Waals surface area contributed by atoms with Crippen molar-refractivity contribution in [1.29, 1.82) is 0 Å². The molecular formula is C14H19NO2. The van der Waals surface area contributed by atoms with E-state index in [4.69, 9.17) is 4.74 Å². The number of carbonyl (C=O) groups is 1. The molecule has 0 amide bonds. The standard InChI is InChI=1S/C14H19NO2/c1-2-17-13(16)14(9-6-10-15-11-14)12-7-4-3-5-8-12/h3-5,7-8,15H,2,6,9-11H2,1H3/t14-/m0/s1. The van der Waals surface area contributed by atoms with Crippen molar-refractivity contribution in [1.82, 2.24) is 5.32 Å². The summed E-state index contributed by atoms with van der Waals surface area (Å²) in [5.74, 6) is -0.0987. The number of rotatable bonds is 3. The Morgan fingerprint density at radius 2 is 2.18 bits per heavy atom. The van der Waals surface area contributed by atoms with E-state index in [-0.39, 0.29) is 5.97 Å². The van der Waals surface area contributed by atoms with Crippen LogP contribution in [0.25, 0.3) is 0 Å². The Balaban J connectivity index is 2.33. The summed E-state index contributed by atoms with van der Waals surface area (Å²) in [6, 6.07) is 9.96. The van der Waals surface area contributed by atoms with E-state index in [2.05, 4.69) is 5.32 Å². The van der Waals surface area contributed by atoms with Crippen LogP contribution in [-0.4, -0.2) is 25.7 Å². The second-order valence-corrected chi connectivity index (χ2v) is 4.45. The molecule has 1 aliphatic rings.